The van der Waals surface area contributed by atoms with Crippen molar-refractivity contribution in [3.8, 4) is 0 Å². The molecule has 3 rings (SSSR count). The Balaban J connectivity index is 1.77. The van der Waals surface area contributed by atoms with E-state index in [1.54, 1.807) is 29.9 Å². The summed E-state index contributed by atoms with van der Waals surface area (Å²) in [5, 5.41) is 4.95. The molecule has 0 saturated carbocycles. The number of hydrogen-bond acceptors (Lipinski definition) is 5. The van der Waals surface area contributed by atoms with Gasteiger partial charge in [-0.25, -0.2) is 4.98 Å². The second-order valence-corrected chi connectivity index (χ2v) is 5.18. The van der Waals surface area contributed by atoms with Crippen molar-refractivity contribution < 1.29 is 0 Å². The minimum atomic E-state index is 0.792. The van der Waals surface area contributed by atoms with E-state index in [1.165, 1.54) is 10.3 Å². The summed E-state index contributed by atoms with van der Waals surface area (Å²) in [5.41, 5.74) is 6.13. The maximum absolute atomic E-state index is 4.46. The lowest BCUT2D eigenvalue weighted by molar-refractivity contribution is 1.29. The number of aryl methyl sites for hydroxylation is 1. The fourth-order valence-corrected chi connectivity index (χ4v) is 2.61. The molecular formula is C14H12N4S. The molecule has 0 unspecified atom stereocenters. The molecule has 0 amide bonds. The molecular weight excluding hydrogens is 256 g/mol. The molecule has 0 fully saturated rings. The number of thiazole rings is 1. The van der Waals surface area contributed by atoms with Gasteiger partial charge >= 0.3 is 0 Å². The molecule has 0 bridgehead atoms. The lowest BCUT2D eigenvalue weighted by Gasteiger charge is -1.92. The summed E-state index contributed by atoms with van der Waals surface area (Å²) >= 11 is 1.59. The lowest BCUT2D eigenvalue weighted by Crippen LogP contribution is -1.89. The summed E-state index contributed by atoms with van der Waals surface area (Å²) in [4.78, 5) is 8.49. The van der Waals surface area contributed by atoms with Crippen molar-refractivity contribution in [3.63, 3.8) is 0 Å². The zero-order valence-electron chi connectivity index (χ0n) is 10.4. The van der Waals surface area contributed by atoms with Crippen LogP contribution in [0.3, 0.4) is 0 Å². The Bertz CT molecular complexity index is 719. The Morgan fingerprint density at radius 1 is 1.32 bits per heavy atom. The van der Waals surface area contributed by atoms with Crippen molar-refractivity contribution in [2.75, 3.05) is 5.43 Å². The molecule has 0 atom stereocenters. The van der Waals surface area contributed by atoms with Gasteiger partial charge in [0.15, 0.2) is 0 Å². The van der Waals surface area contributed by atoms with Gasteiger partial charge in [0.25, 0.3) is 0 Å². The van der Waals surface area contributed by atoms with Gasteiger partial charge < -0.3 is 0 Å². The molecule has 94 valence electrons. The molecule has 0 radical (unpaired) electrons. The maximum atomic E-state index is 4.46. The van der Waals surface area contributed by atoms with Crippen molar-refractivity contribution >= 4 is 32.9 Å². The fourth-order valence-electron chi connectivity index (χ4n) is 1.69. The van der Waals surface area contributed by atoms with Gasteiger partial charge in [-0.05, 0) is 30.7 Å². The number of anilines is 1. The van der Waals surface area contributed by atoms with Gasteiger partial charge in [-0.1, -0.05) is 23.5 Å². The molecule has 2 heterocycles. The van der Waals surface area contributed by atoms with Crippen molar-refractivity contribution in [2.45, 2.75) is 6.92 Å². The van der Waals surface area contributed by atoms with Gasteiger partial charge in [-0.2, -0.15) is 5.10 Å². The van der Waals surface area contributed by atoms with Crippen LogP contribution < -0.4 is 5.43 Å². The normalized spacial score (nSPS) is 11.2. The van der Waals surface area contributed by atoms with Crippen LogP contribution in [0.5, 0.6) is 0 Å². The highest BCUT2D eigenvalue weighted by atomic mass is 32.1. The number of aromatic nitrogens is 2. The third kappa shape index (κ3) is 2.77. The van der Waals surface area contributed by atoms with E-state index in [1.807, 2.05) is 18.2 Å². The lowest BCUT2D eigenvalue weighted by atomic mass is 10.2. The summed E-state index contributed by atoms with van der Waals surface area (Å²) < 4.78 is 1.17. The summed E-state index contributed by atoms with van der Waals surface area (Å²) in [7, 11) is 0. The number of pyridine rings is 1. The molecule has 1 aromatic carbocycles. The first-order chi connectivity index (χ1) is 9.31. The van der Waals surface area contributed by atoms with Crippen LogP contribution in [0.25, 0.3) is 10.2 Å². The molecule has 19 heavy (non-hydrogen) atoms. The third-order valence-corrected chi connectivity index (χ3v) is 3.52. The molecule has 0 aliphatic heterocycles. The summed E-state index contributed by atoms with van der Waals surface area (Å²) in [6.45, 7) is 2.08. The topological polar surface area (TPSA) is 50.2 Å². The van der Waals surface area contributed by atoms with E-state index in [9.17, 15) is 0 Å². The zero-order valence-corrected chi connectivity index (χ0v) is 11.2. The molecule has 2 aromatic heterocycles. The van der Waals surface area contributed by atoms with E-state index in [0.29, 0.717) is 0 Å². The number of fused-ring (bicyclic) bond motifs is 1. The Morgan fingerprint density at radius 3 is 3.11 bits per heavy atom. The second kappa shape index (κ2) is 5.16. The van der Waals surface area contributed by atoms with Crippen LogP contribution in [-0.2, 0) is 0 Å². The molecule has 0 aliphatic rings. The third-order valence-electron chi connectivity index (χ3n) is 2.60. The van der Waals surface area contributed by atoms with Crippen molar-refractivity contribution in [1.82, 2.24) is 9.97 Å². The number of nitrogens with one attached hydrogen (secondary N) is 1. The van der Waals surface area contributed by atoms with Crippen molar-refractivity contribution in [2.24, 2.45) is 5.10 Å². The predicted molar refractivity (Wildman–Crippen MR) is 79.8 cm³/mol. The van der Waals surface area contributed by atoms with E-state index >= 15 is 0 Å². The molecule has 5 heteroatoms. The van der Waals surface area contributed by atoms with Gasteiger partial charge in [0.05, 0.1) is 16.4 Å². The monoisotopic (exact) mass is 268 g/mol. The minimum Gasteiger partial charge on any atom is -0.264 e. The van der Waals surface area contributed by atoms with Crippen LogP contribution in [0, 0.1) is 6.92 Å². The summed E-state index contributed by atoms with van der Waals surface area (Å²) in [5.74, 6) is 0. The van der Waals surface area contributed by atoms with Crippen LogP contribution in [0.2, 0.25) is 0 Å². The smallest absolute Gasteiger partial charge is 0.204 e. The average molecular weight is 268 g/mol. The Hall–Kier alpha value is -2.27. The van der Waals surface area contributed by atoms with E-state index in [4.69, 9.17) is 0 Å². The number of nitrogens with zero attached hydrogens (tertiary/aromatic N) is 3. The van der Waals surface area contributed by atoms with Gasteiger partial charge in [-0.15, -0.1) is 0 Å². The van der Waals surface area contributed by atoms with Crippen LogP contribution in [0.15, 0.2) is 47.8 Å². The first-order valence-electron chi connectivity index (χ1n) is 5.87. The number of hydrogen-bond donors (Lipinski definition) is 1. The highest BCUT2D eigenvalue weighted by Crippen LogP contribution is 2.26. The molecule has 0 spiro atoms. The molecule has 3 aromatic rings. The highest BCUT2D eigenvalue weighted by Gasteiger charge is 2.02. The van der Waals surface area contributed by atoms with Gasteiger partial charge in [0.1, 0.15) is 0 Å². The largest absolute Gasteiger partial charge is 0.264 e. The van der Waals surface area contributed by atoms with Crippen LogP contribution in [0.4, 0.5) is 5.13 Å². The van der Waals surface area contributed by atoms with Crippen LogP contribution >= 0.6 is 11.3 Å². The molecule has 4 nitrogen and oxygen atoms in total. The van der Waals surface area contributed by atoms with Gasteiger partial charge in [0.2, 0.25) is 5.13 Å². The Morgan fingerprint density at radius 2 is 2.26 bits per heavy atom. The second-order valence-electron chi connectivity index (χ2n) is 4.15. The van der Waals surface area contributed by atoms with E-state index in [2.05, 4.69) is 39.6 Å². The maximum Gasteiger partial charge on any atom is 0.204 e. The van der Waals surface area contributed by atoms with Crippen LogP contribution in [-0.4, -0.2) is 16.2 Å². The van der Waals surface area contributed by atoms with Crippen molar-refractivity contribution in [3.05, 3.63) is 53.9 Å². The predicted octanol–water partition coefficient (Wildman–Crippen LogP) is 3.45. The molecule has 1 N–H and O–H groups in total. The molecule has 0 aliphatic carbocycles. The number of rotatable bonds is 3. The first-order valence-corrected chi connectivity index (χ1v) is 6.69. The first kappa shape index (κ1) is 11.8. The van der Waals surface area contributed by atoms with Crippen LogP contribution in [0.1, 0.15) is 11.1 Å². The fraction of sp³-hybridized carbons (Fsp3) is 0.0714. The highest BCUT2D eigenvalue weighted by molar-refractivity contribution is 7.22. The number of hydrazone groups is 1. The number of benzene rings is 1. The Kier molecular flexibility index (Phi) is 3.20. The molecule has 0 saturated heterocycles. The minimum absolute atomic E-state index is 0.792. The zero-order chi connectivity index (χ0) is 13.1. The summed E-state index contributed by atoms with van der Waals surface area (Å²) in [6, 6.07) is 10.0. The standard InChI is InChI=1S/C14H12N4S/c1-10-4-5-12-13(7-10)19-14(17-12)18-16-9-11-3-2-6-15-8-11/h2-9H,1H3,(H,17,18)/b16-9+. The van der Waals surface area contributed by atoms with Gasteiger partial charge in [-0.3, -0.25) is 10.4 Å². The Labute approximate surface area is 114 Å². The van der Waals surface area contributed by atoms with Crippen molar-refractivity contribution in [1.29, 1.82) is 0 Å². The quantitative estimate of drug-likeness (QED) is 0.584. The van der Waals surface area contributed by atoms with E-state index in [-0.39, 0.29) is 0 Å². The SMILES string of the molecule is Cc1ccc2nc(N/N=C/c3cccnc3)sc2c1. The van der Waals surface area contributed by atoms with E-state index < -0.39 is 0 Å². The van der Waals surface area contributed by atoms with Gasteiger partial charge in [0, 0.05) is 18.0 Å². The van der Waals surface area contributed by atoms with E-state index in [0.717, 1.165) is 16.2 Å². The average Bonchev–Trinajstić information content (AvgIpc) is 2.82. The summed E-state index contributed by atoms with van der Waals surface area (Å²) in [6.07, 6.45) is 5.22.